The standard InChI is InChI=1S/C18H13ClN2O2/c19-12-4-1-3-11(9-12)13-7-8-21-17(16(13)20)14-5-2-6-15-18(14)23-10-22-15/h1-9H,10,20H2. The van der Waals surface area contributed by atoms with E-state index in [9.17, 15) is 0 Å². The maximum absolute atomic E-state index is 6.39. The number of benzene rings is 2. The van der Waals surface area contributed by atoms with E-state index in [-0.39, 0.29) is 6.79 Å². The lowest BCUT2D eigenvalue weighted by Gasteiger charge is -2.12. The Balaban J connectivity index is 1.89. The quantitative estimate of drug-likeness (QED) is 0.760. The van der Waals surface area contributed by atoms with Crippen LogP contribution < -0.4 is 15.2 Å². The number of hydrogen-bond donors (Lipinski definition) is 1. The highest BCUT2D eigenvalue weighted by atomic mass is 35.5. The summed E-state index contributed by atoms with van der Waals surface area (Å²) in [5, 5.41) is 0.664. The van der Waals surface area contributed by atoms with E-state index in [1.54, 1.807) is 6.20 Å². The van der Waals surface area contributed by atoms with Gasteiger partial charge in [-0.2, -0.15) is 0 Å². The van der Waals surface area contributed by atoms with Gasteiger partial charge in [0.1, 0.15) is 0 Å². The molecule has 0 unspecified atom stereocenters. The number of ether oxygens (including phenoxy) is 2. The lowest BCUT2D eigenvalue weighted by molar-refractivity contribution is 0.174. The number of nitrogens with two attached hydrogens (primary N) is 1. The monoisotopic (exact) mass is 324 g/mol. The molecule has 0 amide bonds. The van der Waals surface area contributed by atoms with Crippen LogP contribution in [-0.2, 0) is 0 Å². The summed E-state index contributed by atoms with van der Waals surface area (Å²) in [6, 6.07) is 15.1. The van der Waals surface area contributed by atoms with Crippen LogP contribution in [0.15, 0.2) is 54.7 Å². The third-order valence-corrected chi connectivity index (χ3v) is 4.01. The molecule has 1 aliphatic heterocycles. The molecule has 0 saturated carbocycles. The van der Waals surface area contributed by atoms with Crippen LogP contribution in [0.3, 0.4) is 0 Å². The minimum Gasteiger partial charge on any atom is -0.454 e. The molecule has 5 heteroatoms. The van der Waals surface area contributed by atoms with Crippen molar-refractivity contribution in [3.8, 4) is 33.9 Å². The highest BCUT2D eigenvalue weighted by Gasteiger charge is 2.21. The molecule has 2 aromatic carbocycles. The number of nitrogens with zero attached hydrogens (tertiary/aromatic N) is 1. The zero-order valence-electron chi connectivity index (χ0n) is 12.1. The lowest BCUT2D eigenvalue weighted by atomic mass is 10.0. The first-order chi connectivity index (χ1) is 11.2. The van der Waals surface area contributed by atoms with E-state index in [2.05, 4.69) is 4.98 Å². The third kappa shape index (κ3) is 2.37. The predicted molar refractivity (Wildman–Crippen MR) is 90.7 cm³/mol. The van der Waals surface area contributed by atoms with Crippen molar-refractivity contribution in [1.29, 1.82) is 0 Å². The number of halogens is 1. The SMILES string of the molecule is Nc1c(-c2cccc(Cl)c2)ccnc1-c1cccc2c1OCO2. The summed E-state index contributed by atoms with van der Waals surface area (Å²) in [6.45, 7) is 0.209. The van der Waals surface area contributed by atoms with E-state index in [1.165, 1.54) is 0 Å². The maximum Gasteiger partial charge on any atom is 0.231 e. The topological polar surface area (TPSA) is 57.4 Å². The number of fused-ring (bicyclic) bond motifs is 1. The molecule has 1 aromatic heterocycles. The van der Waals surface area contributed by atoms with E-state index >= 15 is 0 Å². The van der Waals surface area contributed by atoms with Gasteiger partial charge in [-0.15, -0.1) is 0 Å². The zero-order chi connectivity index (χ0) is 15.8. The van der Waals surface area contributed by atoms with Gasteiger partial charge in [0.05, 0.1) is 11.4 Å². The van der Waals surface area contributed by atoms with Crippen molar-refractivity contribution in [2.45, 2.75) is 0 Å². The van der Waals surface area contributed by atoms with E-state index in [4.69, 9.17) is 26.8 Å². The van der Waals surface area contributed by atoms with Crippen LogP contribution in [0.5, 0.6) is 11.5 Å². The van der Waals surface area contributed by atoms with Crippen LogP contribution in [0.1, 0.15) is 0 Å². The molecular formula is C18H13ClN2O2. The van der Waals surface area contributed by atoms with Crippen LogP contribution in [0.4, 0.5) is 5.69 Å². The van der Waals surface area contributed by atoms with Crippen molar-refractivity contribution in [3.63, 3.8) is 0 Å². The number of para-hydroxylation sites is 1. The van der Waals surface area contributed by atoms with Gasteiger partial charge in [-0.1, -0.05) is 29.8 Å². The molecule has 0 spiro atoms. The molecule has 0 aliphatic carbocycles. The summed E-state index contributed by atoms with van der Waals surface area (Å²) in [5.41, 5.74) is 10.3. The molecule has 0 atom stereocenters. The van der Waals surface area contributed by atoms with Crippen LogP contribution in [0, 0.1) is 0 Å². The smallest absolute Gasteiger partial charge is 0.231 e. The van der Waals surface area contributed by atoms with Gasteiger partial charge in [-0.25, -0.2) is 0 Å². The van der Waals surface area contributed by atoms with Crippen molar-refractivity contribution >= 4 is 17.3 Å². The van der Waals surface area contributed by atoms with Gasteiger partial charge < -0.3 is 15.2 Å². The molecule has 0 fully saturated rings. The second-order valence-electron chi connectivity index (χ2n) is 5.17. The van der Waals surface area contributed by atoms with Crippen molar-refractivity contribution in [3.05, 3.63) is 59.8 Å². The fraction of sp³-hybridized carbons (Fsp3) is 0.0556. The van der Waals surface area contributed by atoms with Crippen molar-refractivity contribution < 1.29 is 9.47 Å². The average Bonchev–Trinajstić information content (AvgIpc) is 3.04. The fourth-order valence-corrected chi connectivity index (χ4v) is 2.90. The number of rotatable bonds is 2. The fourth-order valence-electron chi connectivity index (χ4n) is 2.71. The number of pyridine rings is 1. The Hall–Kier alpha value is -2.72. The van der Waals surface area contributed by atoms with Crippen LogP contribution in [0.25, 0.3) is 22.4 Å². The minimum atomic E-state index is 0.209. The first-order valence-electron chi connectivity index (χ1n) is 7.13. The molecule has 4 nitrogen and oxygen atoms in total. The number of aromatic nitrogens is 1. The molecule has 0 radical (unpaired) electrons. The summed E-state index contributed by atoms with van der Waals surface area (Å²) in [4.78, 5) is 4.44. The van der Waals surface area contributed by atoms with Crippen molar-refractivity contribution in [1.82, 2.24) is 4.98 Å². The summed E-state index contributed by atoms with van der Waals surface area (Å²) in [5.74, 6) is 1.38. The van der Waals surface area contributed by atoms with Crippen LogP contribution in [-0.4, -0.2) is 11.8 Å². The van der Waals surface area contributed by atoms with Gasteiger partial charge >= 0.3 is 0 Å². The average molecular weight is 325 g/mol. The second-order valence-corrected chi connectivity index (χ2v) is 5.61. The molecule has 2 heterocycles. The lowest BCUT2D eigenvalue weighted by Crippen LogP contribution is -1.98. The second kappa shape index (κ2) is 5.48. The molecular weight excluding hydrogens is 312 g/mol. The predicted octanol–water partition coefficient (Wildman–Crippen LogP) is 4.38. The van der Waals surface area contributed by atoms with Gasteiger partial charge in [0, 0.05) is 22.3 Å². The molecule has 114 valence electrons. The van der Waals surface area contributed by atoms with Gasteiger partial charge in [0.15, 0.2) is 11.5 Å². The highest BCUT2D eigenvalue weighted by Crippen LogP contribution is 2.43. The Kier molecular flexibility index (Phi) is 3.32. The van der Waals surface area contributed by atoms with E-state index < -0.39 is 0 Å². The first kappa shape index (κ1) is 13.9. The minimum absolute atomic E-state index is 0.209. The Bertz CT molecular complexity index is 896. The third-order valence-electron chi connectivity index (χ3n) is 3.78. The van der Waals surface area contributed by atoms with Gasteiger partial charge in [-0.05, 0) is 35.9 Å². The Morgan fingerprint density at radius 3 is 2.74 bits per heavy atom. The van der Waals surface area contributed by atoms with Gasteiger partial charge in [-0.3, -0.25) is 4.98 Å². The van der Waals surface area contributed by atoms with Crippen molar-refractivity contribution in [2.24, 2.45) is 0 Å². The normalized spacial score (nSPS) is 12.4. The summed E-state index contributed by atoms with van der Waals surface area (Å²) >= 11 is 6.09. The summed E-state index contributed by atoms with van der Waals surface area (Å²) in [6.07, 6.45) is 1.73. The molecule has 0 saturated heterocycles. The van der Waals surface area contributed by atoms with Gasteiger partial charge in [0.2, 0.25) is 6.79 Å². The molecule has 23 heavy (non-hydrogen) atoms. The van der Waals surface area contributed by atoms with E-state index in [0.717, 1.165) is 16.7 Å². The Morgan fingerprint density at radius 1 is 1.00 bits per heavy atom. The molecule has 4 rings (SSSR count). The van der Waals surface area contributed by atoms with Crippen molar-refractivity contribution in [2.75, 3.05) is 12.5 Å². The largest absolute Gasteiger partial charge is 0.454 e. The van der Waals surface area contributed by atoms with Crippen LogP contribution in [0.2, 0.25) is 5.02 Å². The first-order valence-corrected chi connectivity index (χ1v) is 7.51. The Labute approximate surface area is 138 Å². The zero-order valence-corrected chi connectivity index (χ0v) is 12.9. The number of nitrogen functional groups attached to an aromatic ring is 1. The maximum atomic E-state index is 6.39. The number of anilines is 1. The summed E-state index contributed by atoms with van der Waals surface area (Å²) < 4.78 is 11.0. The van der Waals surface area contributed by atoms with Gasteiger partial charge in [0.25, 0.3) is 0 Å². The molecule has 0 bridgehead atoms. The van der Waals surface area contributed by atoms with E-state index in [1.807, 2.05) is 48.5 Å². The van der Waals surface area contributed by atoms with Crippen LogP contribution >= 0.6 is 11.6 Å². The molecule has 1 aliphatic rings. The number of hydrogen-bond acceptors (Lipinski definition) is 4. The molecule has 3 aromatic rings. The van der Waals surface area contributed by atoms with E-state index in [0.29, 0.717) is 27.9 Å². The summed E-state index contributed by atoms with van der Waals surface area (Å²) in [7, 11) is 0. The highest BCUT2D eigenvalue weighted by molar-refractivity contribution is 6.30. The Morgan fingerprint density at radius 2 is 1.87 bits per heavy atom. The molecule has 2 N–H and O–H groups in total.